The Morgan fingerprint density at radius 3 is 2.50 bits per heavy atom. The Kier molecular flexibility index (Phi) is 7.13. The van der Waals surface area contributed by atoms with Crippen molar-refractivity contribution in [1.82, 2.24) is 10.6 Å². The lowest BCUT2D eigenvalue weighted by molar-refractivity contribution is 0.0974. The molecule has 0 aliphatic rings. The van der Waals surface area contributed by atoms with E-state index in [4.69, 9.17) is 23.1 Å². The van der Waals surface area contributed by atoms with Crippen molar-refractivity contribution < 1.29 is 9.18 Å². The molecule has 24 heavy (non-hydrogen) atoms. The van der Waals surface area contributed by atoms with Crippen molar-refractivity contribution in [3.63, 3.8) is 0 Å². The van der Waals surface area contributed by atoms with Gasteiger partial charge >= 0.3 is 0 Å². The van der Waals surface area contributed by atoms with Crippen LogP contribution >= 0.6 is 11.6 Å². The summed E-state index contributed by atoms with van der Waals surface area (Å²) in [5, 5.41) is 5.63. The molecule has 0 fully saturated rings. The van der Waals surface area contributed by atoms with Gasteiger partial charge in [-0.25, -0.2) is 9.38 Å². The number of nitrogens with one attached hydrogen (secondary N) is 2. The molecule has 0 radical (unpaired) electrons. The van der Waals surface area contributed by atoms with Crippen LogP contribution in [0.5, 0.6) is 0 Å². The fraction of sp³-hybridized carbons (Fsp3) is 0.500. The molecular formula is C16H25ClFN5O. The summed E-state index contributed by atoms with van der Waals surface area (Å²) < 4.78 is 13.5. The van der Waals surface area contributed by atoms with E-state index in [0.717, 1.165) is 6.07 Å². The quantitative estimate of drug-likeness (QED) is 0.488. The van der Waals surface area contributed by atoms with Crippen LogP contribution in [0.2, 0.25) is 5.02 Å². The second kappa shape index (κ2) is 8.41. The molecule has 0 saturated heterocycles. The van der Waals surface area contributed by atoms with Crippen LogP contribution in [-0.4, -0.2) is 29.6 Å². The lowest BCUT2D eigenvalue weighted by atomic mass is 10.1. The number of hydrogen-bond donors (Lipinski definition) is 4. The SMILES string of the molecule is CC(N)CC(N)N=C(NC(=O)c1ccc(Cl)c(F)c1)NC(C)(C)C. The zero-order valence-electron chi connectivity index (χ0n) is 14.4. The molecule has 0 aliphatic heterocycles. The van der Waals surface area contributed by atoms with Gasteiger partial charge in [0, 0.05) is 17.1 Å². The average Bonchev–Trinajstić information content (AvgIpc) is 2.38. The van der Waals surface area contributed by atoms with Crippen molar-refractivity contribution in [2.24, 2.45) is 16.5 Å². The van der Waals surface area contributed by atoms with Crippen molar-refractivity contribution >= 4 is 23.5 Å². The number of carbonyl (C=O) groups is 1. The molecule has 1 amide bonds. The molecule has 0 heterocycles. The summed E-state index contributed by atoms with van der Waals surface area (Å²) >= 11 is 5.62. The van der Waals surface area contributed by atoms with E-state index in [9.17, 15) is 9.18 Å². The van der Waals surface area contributed by atoms with Crippen molar-refractivity contribution in [1.29, 1.82) is 0 Å². The van der Waals surface area contributed by atoms with Gasteiger partial charge in [0.15, 0.2) is 5.96 Å². The van der Waals surface area contributed by atoms with Crippen LogP contribution in [0.15, 0.2) is 23.2 Å². The van der Waals surface area contributed by atoms with E-state index in [1.54, 1.807) is 0 Å². The minimum absolute atomic E-state index is 0.0489. The molecule has 1 aromatic carbocycles. The Balaban J connectivity index is 2.96. The monoisotopic (exact) mass is 357 g/mol. The number of carbonyl (C=O) groups excluding carboxylic acids is 1. The lowest BCUT2D eigenvalue weighted by Gasteiger charge is -2.24. The molecule has 1 rings (SSSR count). The highest BCUT2D eigenvalue weighted by Gasteiger charge is 2.17. The van der Waals surface area contributed by atoms with E-state index >= 15 is 0 Å². The number of hydrogen-bond acceptors (Lipinski definition) is 4. The number of rotatable bonds is 4. The number of guanidine groups is 1. The van der Waals surface area contributed by atoms with Crippen molar-refractivity contribution in [2.75, 3.05) is 0 Å². The van der Waals surface area contributed by atoms with Crippen LogP contribution in [0.25, 0.3) is 0 Å². The summed E-state index contributed by atoms with van der Waals surface area (Å²) in [4.78, 5) is 16.6. The molecule has 8 heteroatoms. The fourth-order valence-corrected chi connectivity index (χ4v) is 1.99. The highest BCUT2D eigenvalue weighted by molar-refractivity contribution is 6.30. The minimum Gasteiger partial charge on any atom is -0.351 e. The molecule has 134 valence electrons. The van der Waals surface area contributed by atoms with E-state index in [1.807, 2.05) is 27.7 Å². The van der Waals surface area contributed by atoms with Gasteiger partial charge in [0.2, 0.25) is 0 Å². The van der Waals surface area contributed by atoms with Crippen LogP contribution in [0, 0.1) is 5.82 Å². The average molecular weight is 358 g/mol. The lowest BCUT2D eigenvalue weighted by Crippen LogP contribution is -2.50. The Labute approximate surface area is 146 Å². The summed E-state index contributed by atoms with van der Waals surface area (Å²) in [7, 11) is 0. The number of aliphatic imine (C=N–C) groups is 1. The summed E-state index contributed by atoms with van der Waals surface area (Å²) in [6.45, 7) is 7.55. The highest BCUT2D eigenvalue weighted by atomic mass is 35.5. The number of benzene rings is 1. The maximum absolute atomic E-state index is 13.5. The van der Waals surface area contributed by atoms with Gasteiger partial charge in [0.1, 0.15) is 12.0 Å². The predicted molar refractivity (Wildman–Crippen MR) is 95.4 cm³/mol. The third-order valence-electron chi connectivity index (χ3n) is 2.82. The first-order valence-corrected chi connectivity index (χ1v) is 7.99. The van der Waals surface area contributed by atoms with Crippen LogP contribution in [-0.2, 0) is 0 Å². The number of nitrogens with two attached hydrogens (primary N) is 2. The van der Waals surface area contributed by atoms with Gasteiger partial charge in [-0.1, -0.05) is 11.6 Å². The third kappa shape index (κ3) is 7.25. The predicted octanol–water partition coefficient (Wildman–Crippen LogP) is 1.98. The van der Waals surface area contributed by atoms with Crippen molar-refractivity contribution in [3.05, 3.63) is 34.6 Å². The van der Waals surface area contributed by atoms with Gasteiger partial charge in [-0.3, -0.25) is 10.1 Å². The van der Waals surface area contributed by atoms with E-state index in [1.165, 1.54) is 12.1 Å². The van der Waals surface area contributed by atoms with E-state index in [-0.39, 0.29) is 28.1 Å². The van der Waals surface area contributed by atoms with Gasteiger partial charge in [0.05, 0.1) is 5.02 Å². The highest BCUT2D eigenvalue weighted by Crippen LogP contribution is 2.15. The third-order valence-corrected chi connectivity index (χ3v) is 3.12. The van der Waals surface area contributed by atoms with Crippen LogP contribution < -0.4 is 22.1 Å². The largest absolute Gasteiger partial charge is 0.351 e. The second-order valence-electron chi connectivity index (χ2n) is 6.72. The van der Waals surface area contributed by atoms with E-state index < -0.39 is 17.9 Å². The van der Waals surface area contributed by atoms with Crippen molar-refractivity contribution in [2.45, 2.75) is 51.9 Å². The second-order valence-corrected chi connectivity index (χ2v) is 7.12. The topological polar surface area (TPSA) is 106 Å². The van der Waals surface area contributed by atoms with Crippen LogP contribution in [0.1, 0.15) is 44.5 Å². The maximum Gasteiger partial charge on any atom is 0.258 e. The van der Waals surface area contributed by atoms with E-state index in [0.29, 0.717) is 6.42 Å². The van der Waals surface area contributed by atoms with Gasteiger partial charge in [0.25, 0.3) is 5.91 Å². The van der Waals surface area contributed by atoms with E-state index in [2.05, 4.69) is 15.6 Å². The molecule has 2 atom stereocenters. The standard InChI is InChI=1S/C16H25ClFN5O/c1-9(19)7-13(20)21-15(23-16(2,3)4)22-14(24)10-5-6-11(17)12(18)8-10/h5-6,8-9,13H,7,19-20H2,1-4H3,(H2,21,22,23,24). The Hall–Kier alpha value is -1.70. The molecule has 6 N–H and O–H groups in total. The minimum atomic E-state index is -0.666. The Morgan fingerprint density at radius 2 is 2.00 bits per heavy atom. The Morgan fingerprint density at radius 1 is 1.38 bits per heavy atom. The molecular weight excluding hydrogens is 333 g/mol. The maximum atomic E-state index is 13.5. The normalized spacial score (nSPS) is 14.9. The number of amides is 1. The van der Waals surface area contributed by atoms with Crippen LogP contribution in [0.4, 0.5) is 4.39 Å². The van der Waals surface area contributed by atoms with Gasteiger partial charge in [-0.05, 0) is 52.3 Å². The molecule has 0 saturated carbocycles. The fourth-order valence-electron chi connectivity index (χ4n) is 1.87. The first kappa shape index (κ1) is 20.3. The molecule has 2 unspecified atom stereocenters. The molecule has 6 nitrogen and oxygen atoms in total. The molecule has 0 aromatic heterocycles. The van der Waals surface area contributed by atoms with Crippen LogP contribution in [0.3, 0.4) is 0 Å². The summed E-state index contributed by atoms with van der Waals surface area (Å²) in [5.41, 5.74) is 11.4. The summed E-state index contributed by atoms with van der Waals surface area (Å²) in [6.07, 6.45) is -0.113. The first-order chi connectivity index (χ1) is 11.0. The first-order valence-electron chi connectivity index (χ1n) is 7.61. The zero-order chi connectivity index (χ0) is 18.5. The van der Waals surface area contributed by atoms with Crippen molar-refractivity contribution in [3.8, 4) is 0 Å². The molecule has 0 bridgehead atoms. The van der Waals surface area contributed by atoms with Gasteiger partial charge in [-0.15, -0.1) is 0 Å². The number of halogens is 2. The Bertz CT molecular complexity index is 613. The smallest absolute Gasteiger partial charge is 0.258 e. The van der Waals surface area contributed by atoms with Gasteiger partial charge < -0.3 is 16.8 Å². The summed E-state index contributed by atoms with van der Waals surface area (Å²) in [5.74, 6) is -0.981. The zero-order valence-corrected chi connectivity index (χ0v) is 15.1. The summed E-state index contributed by atoms with van der Waals surface area (Å²) in [6, 6.07) is 3.69. The molecule has 0 aliphatic carbocycles. The molecule has 1 aromatic rings. The van der Waals surface area contributed by atoms with Gasteiger partial charge in [-0.2, -0.15) is 0 Å². The molecule has 0 spiro atoms. The number of nitrogens with zero attached hydrogens (tertiary/aromatic N) is 1.